The Kier molecular flexibility index (Phi) is 3.60. The van der Waals surface area contributed by atoms with Crippen molar-refractivity contribution in [2.75, 3.05) is 0 Å². The van der Waals surface area contributed by atoms with Crippen molar-refractivity contribution in [2.24, 2.45) is 11.7 Å². The summed E-state index contributed by atoms with van der Waals surface area (Å²) >= 11 is 0. The molecule has 1 saturated carbocycles. The van der Waals surface area contributed by atoms with Gasteiger partial charge in [-0.15, -0.1) is 0 Å². The van der Waals surface area contributed by atoms with Crippen LogP contribution in [0, 0.1) is 5.92 Å². The van der Waals surface area contributed by atoms with Crippen LogP contribution in [0.2, 0.25) is 0 Å². The van der Waals surface area contributed by atoms with Crippen LogP contribution in [0.5, 0.6) is 0 Å². The Balaban J connectivity index is 1.52. The lowest BCUT2D eigenvalue weighted by Crippen LogP contribution is -2.11. The van der Waals surface area contributed by atoms with Crippen LogP contribution >= 0.6 is 0 Å². The Morgan fingerprint density at radius 3 is 2.79 bits per heavy atom. The van der Waals surface area contributed by atoms with Gasteiger partial charge in [-0.3, -0.25) is 0 Å². The van der Waals surface area contributed by atoms with E-state index in [1.807, 2.05) is 18.2 Å². The monoisotopic (exact) mass is 257 g/mol. The summed E-state index contributed by atoms with van der Waals surface area (Å²) < 4.78 is 5.26. The zero-order chi connectivity index (χ0) is 13.1. The van der Waals surface area contributed by atoms with Gasteiger partial charge in [-0.1, -0.05) is 35.5 Å². The number of aromatic nitrogens is 2. The van der Waals surface area contributed by atoms with Gasteiger partial charge in [-0.2, -0.15) is 4.98 Å². The van der Waals surface area contributed by atoms with Gasteiger partial charge >= 0.3 is 0 Å². The van der Waals surface area contributed by atoms with Crippen molar-refractivity contribution in [3.8, 4) is 0 Å². The molecule has 0 bridgehead atoms. The molecule has 0 saturated heterocycles. The molecule has 2 aromatic rings. The Bertz CT molecular complexity index is 519. The van der Waals surface area contributed by atoms with E-state index < -0.39 is 0 Å². The number of benzene rings is 1. The maximum Gasteiger partial charge on any atom is 0.226 e. The van der Waals surface area contributed by atoms with Gasteiger partial charge in [0.05, 0.1) is 0 Å². The number of hydrogen-bond donors (Lipinski definition) is 1. The SMILES string of the molecule is NC(CCc1nc(CC2CC2)no1)c1ccccc1. The highest BCUT2D eigenvalue weighted by Gasteiger charge is 2.24. The quantitative estimate of drug-likeness (QED) is 0.864. The fourth-order valence-corrected chi connectivity index (χ4v) is 2.20. The van der Waals surface area contributed by atoms with Crippen molar-refractivity contribution >= 4 is 0 Å². The second kappa shape index (κ2) is 5.53. The second-order valence-corrected chi connectivity index (χ2v) is 5.31. The number of nitrogens with zero attached hydrogens (tertiary/aromatic N) is 2. The summed E-state index contributed by atoms with van der Waals surface area (Å²) in [6.07, 6.45) is 5.16. The molecule has 0 aliphatic heterocycles. The van der Waals surface area contributed by atoms with Crippen LogP contribution in [0.25, 0.3) is 0 Å². The fourth-order valence-electron chi connectivity index (χ4n) is 2.20. The molecule has 0 spiro atoms. The van der Waals surface area contributed by atoms with Crippen molar-refractivity contribution in [3.05, 3.63) is 47.6 Å². The third kappa shape index (κ3) is 3.41. The molecule has 1 atom stereocenters. The minimum absolute atomic E-state index is 0.0278. The lowest BCUT2D eigenvalue weighted by Gasteiger charge is -2.09. The summed E-state index contributed by atoms with van der Waals surface area (Å²) in [6, 6.07) is 10.2. The first-order valence-electron chi connectivity index (χ1n) is 6.93. The summed E-state index contributed by atoms with van der Waals surface area (Å²) in [6.45, 7) is 0. The Labute approximate surface area is 113 Å². The third-order valence-electron chi connectivity index (χ3n) is 3.58. The minimum Gasteiger partial charge on any atom is -0.339 e. The van der Waals surface area contributed by atoms with Crippen LogP contribution in [0.15, 0.2) is 34.9 Å². The van der Waals surface area contributed by atoms with E-state index in [4.69, 9.17) is 10.3 Å². The summed E-state index contributed by atoms with van der Waals surface area (Å²) in [7, 11) is 0. The average Bonchev–Trinajstić information content (AvgIpc) is 3.14. The zero-order valence-corrected chi connectivity index (χ0v) is 11.0. The molecule has 19 heavy (non-hydrogen) atoms. The number of rotatable bonds is 6. The van der Waals surface area contributed by atoms with E-state index in [1.165, 1.54) is 12.8 Å². The first-order chi connectivity index (χ1) is 9.31. The van der Waals surface area contributed by atoms with Crippen molar-refractivity contribution in [3.63, 3.8) is 0 Å². The Hall–Kier alpha value is -1.68. The Morgan fingerprint density at radius 1 is 1.26 bits per heavy atom. The molecule has 4 heteroatoms. The van der Waals surface area contributed by atoms with E-state index in [-0.39, 0.29) is 6.04 Å². The predicted octanol–water partition coefficient (Wildman–Crippen LogP) is 2.65. The van der Waals surface area contributed by atoms with E-state index in [0.29, 0.717) is 5.89 Å². The largest absolute Gasteiger partial charge is 0.339 e. The fraction of sp³-hybridized carbons (Fsp3) is 0.467. The number of nitrogens with two attached hydrogens (primary N) is 1. The molecule has 1 aromatic carbocycles. The molecular weight excluding hydrogens is 238 g/mol. The van der Waals surface area contributed by atoms with Crippen molar-refractivity contribution in [2.45, 2.75) is 38.1 Å². The molecule has 1 aliphatic rings. The highest BCUT2D eigenvalue weighted by molar-refractivity contribution is 5.18. The molecule has 2 N–H and O–H groups in total. The lowest BCUT2D eigenvalue weighted by atomic mass is 10.0. The maximum atomic E-state index is 6.15. The van der Waals surface area contributed by atoms with Gasteiger partial charge in [0.25, 0.3) is 0 Å². The second-order valence-electron chi connectivity index (χ2n) is 5.31. The summed E-state index contributed by atoms with van der Waals surface area (Å²) in [5.74, 6) is 2.35. The predicted molar refractivity (Wildman–Crippen MR) is 72.4 cm³/mol. The van der Waals surface area contributed by atoms with Crippen LogP contribution in [0.1, 0.15) is 42.6 Å². The van der Waals surface area contributed by atoms with Crippen molar-refractivity contribution < 1.29 is 4.52 Å². The van der Waals surface area contributed by atoms with Crippen LogP contribution in [-0.2, 0) is 12.8 Å². The topological polar surface area (TPSA) is 64.9 Å². The van der Waals surface area contributed by atoms with Crippen molar-refractivity contribution in [1.29, 1.82) is 0 Å². The maximum absolute atomic E-state index is 6.15. The van der Waals surface area contributed by atoms with Gasteiger partial charge in [0.15, 0.2) is 5.82 Å². The molecule has 1 fully saturated rings. The highest BCUT2D eigenvalue weighted by atomic mass is 16.5. The molecule has 1 unspecified atom stereocenters. The van der Waals surface area contributed by atoms with Gasteiger partial charge in [-0.25, -0.2) is 0 Å². The third-order valence-corrected chi connectivity index (χ3v) is 3.58. The van der Waals surface area contributed by atoms with Crippen LogP contribution in [0.3, 0.4) is 0 Å². The Morgan fingerprint density at radius 2 is 2.05 bits per heavy atom. The van der Waals surface area contributed by atoms with Crippen molar-refractivity contribution in [1.82, 2.24) is 10.1 Å². The van der Waals surface area contributed by atoms with Gasteiger partial charge in [0, 0.05) is 18.9 Å². The molecule has 3 rings (SSSR count). The first-order valence-corrected chi connectivity index (χ1v) is 6.93. The molecule has 1 aromatic heterocycles. The van der Waals surface area contributed by atoms with Gasteiger partial charge in [-0.05, 0) is 30.7 Å². The first kappa shape index (κ1) is 12.4. The molecule has 0 amide bonds. The van der Waals surface area contributed by atoms with Crippen LogP contribution in [-0.4, -0.2) is 10.1 Å². The summed E-state index contributed by atoms with van der Waals surface area (Å²) in [5.41, 5.74) is 7.30. The minimum atomic E-state index is 0.0278. The van der Waals surface area contributed by atoms with E-state index >= 15 is 0 Å². The molecule has 100 valence electrons. The van der Waals surface area contributed by atoms with E-state index in [0.717, 1.165) is 36.6 Å². The lowest BCUT2D eigenvalue weighted by molar-refractivity contribution is 0.366. The average molecular weight is 257 g/mol. The zero-order valence-electron chi connectivity index (χ0n) is 11.0. The van der Waals surface area contributed by atoms with Crippen LogP contribution in [0.4, 0.5) is 0 Å². The summed E-state index contributed by atoms with van der Waals surface area (Å²) in [4.78, 5) is 4.42. The molecule has 4 nitrogen and oxygen atoms in total. The number of aryl methyl sites for hydroxylation is 1. The van der Waals surface area contributed by atoms with Gasteiger partial charge in [0.2, 0.25) is 5.89 Å². The van der Waals surface area contributed by atoms with Gasteiger partial charge in [0.1, 0.15) is 0 Å². The number of hydrogen-bond acceptors (Lipinski definition) is 4. The molecule has 1 heterocycles. The van der Waals surface area contributed by atoms with Gasteiger partial charge < -0.3 is 10.3 Å². The molecular formula is C15H19N3O. The van der Waals surface area contributed by atoms with Crippen LogP contribution < -0.4 is 5.73 Å². The molecule has 1 aliphatic carbocycles. The standard InChI is InChI=1S/C15H19N3O/c16-13(12-4-2-1-3-5-12)8-9-15-17-14(18-19-15)10-11-6-7-11/h1-5,11,13H,6-10,16H2. The van der Waals surface area contributed by atoms with E-state index in [9.17, 15) is 0 Å². The normalized spacial score (nSPS) is 16.5. The summed E-state index contributed by atoms with van der Waals surface area (Å²) in [5, 5.41) is 4.02. The van der Waals surface area contributed by atoms with E-state index in [1.54, 1.807) is 0 Å². The highest BCUT2D eigenvalue weighted by Crippen LogP contribution is 2.31. The van der Waals surface area contributed by atoms with E-state index in [2.05, 4.69) is 22.3 Å². The smallest absolute Gasteiger partial charge is 0.226 e. The molecule has 0 radical (unpaired) electrons.